The molecule has 0 radical (unpaired) electrons. The number of carbonyl (C=O) groups excluding carboxylic acids is 3. The molecule has 10 nitrogen and oxygen atoms in total. The second-order valence-corrected chi connectivity index (χ2v) is 15.0. The average Bonchev–Trinajstić information content (AvgIpc) is 3.18. The lowest BCUT2D eigenvalue weighted by Gasteiger charge is -2.19. The lowest BCUT2D eigenvalue weighted by Crippen LogP contribution is -2.29. The Labute approximate surface area is 339 Å². The molecule has 318 valence electrons. The van der Waals surface area contributed by atoms with Gasteiger partial charge in [-0.2, -0.15) is 0 Å². The lowest BCUT2D eigenvalue weighted by molar-refractivity contribution is -0.161. The topological polar surface area (TPSA) is 151 Å². The van der Waals surface area contributed by atoms with Crippen LogP contribution < -0.4 is 5.73 Å². The molecule has 0 fully saturated rings. The van der Waals surface area contributed by atoms with Crippen LogP contribution in [0.25, 0.3) is 0 Å². The summed E-state index contributed by atoms with van der Waals surface area (Å²) in [5, 5.41) is 0. The van der Waals surface area contributed by atoms with Crippen LogP contribution in [0.15, 0.2) is 85.1 Å². The van der Waals surface area contributed by atoms with E-state index >= 15 is 0 Å². The van der Waals surface area contributed by atoms with Crippen LogP contribution in [-0.4, -0.2) is 55.1 Å². The molecule has 0 aliphatic heterocycles. The van der Waals surface area contributed by atoms with Crippen molar-refractivity contribution in [3.63, 3.8) is 0 Å². The van der Waals surface area contributed by atoms with E-state index in [9.17, 15) is 23.8 Å². The Kier molecular flexibility index (Phi) is 37.8. The van der Waals surface area contributed by atoms with Crippen LogP contribution in [-0.2, 0) is 37.5 Å². The van der Waals surface area contributed by atoms with Gasteiger partial charge in [0.1, 0.15) is 6.61 Å². The number of ketones is 1. The summed E-state index contributed by atoms with van der Waals surface area (Å²) in [4.78, 5) is 46.6. The Morgan fingerprint density at radius 1 is 0.607 bits per heavy atom. The van der Waals surface area contributed by atoms with Gasteiger partial charge in [-0.3, -0.25) is 23.4 Å². The van der Waals surface area contributed by atoms with Crippen LogP contribution in [0.3, 0.4) is 0 Å². The molecule has 0 aromatic rings. The molecule has 0 aliphatic carbocycles. The highest BCUT2D eigenvalue weighted by Crippen LogP contribution is 2.43. The molecule has 0 saturated carbocycles. The molecule has 0 rings (SSSR count). The average molecular weight is 804 g/mol. The Morgan fingerprint density at radius 2 is 1.14 bits per heavy atom. The first-order valence-corrected chi connectivity index (χ1v) is 22.5. The van der Waals surface area contributed by atoms with E-state index in [1.165, 1.54) is 0 Å². The predicted molar refractivity (Wildman–Crippen MR) is 229 cm³/mol. The molecule has 0 aromatic carbocycles. The van der Waals surface area contributed by atoms with Crippen LogP contribution in [0, 0.1) is 0 Å². The van der Waals surface area contributed by atoms with Crippen molar-refractivity contribution in [3.8, 4) is 0 Å². The van der Waals surface area contributed by atoms with E-state index < -0.39 is 32.5 Å². The number of unbranched alkanes of at least 4 members (excludes halogenated alkanes) is 10. The molecule has 56 heavy (non-hydrogen) atoms. The molecule has 0 aromatic heterocycles. The quantitative estimate of drug-likeness (QED) is 0.0154. The zero-order chi connectivity index (χ0) is 41.2. The van der Waals surface area contributed by atoms with E-state index in [-0.39, 0.29) is 38.4 Å². The van der Waals surface area contributed by atoms with Crippen molar-refractivity contribution in [2.75, 3.05) is 26.4 Å². The Morgan fingerprint density at radius 3 is 1.77 bits per heavy atom. The summed E-state index contributed by atoms with van der Waals surface area (Å²) in [6.45, 7) is 3.34. The van der Waals surface area contributed by atoms with Crippen LogP contribution in [0.4, 0.5) is 0 Å². The summed E-state index contributed by atoms with van der Waals surface area (Å²) in [5.41, 5.74) is 5.33. The summed E-state index contributed by atoms with van der Waals surface area (Å²) in [6, 6.07) is 0. The SMILES string of the molecule is CC/C=C\C/C=C\C/C=C\C/C=C\C/C=C\CCCCCC(=O)O[C@H](COC(=O)CCCCCCC/C=C\C=C\C(=O)CCCCC)COP(=O)(O)OCCN. The van der Waals surface area contributed by atoms with Crippen molar-refractivity contribution in [1.82, 2.24) is 0 Å². The molecule has 0 bridgehead atoms. The van der Waals surface area contributed by atoms with Crippen molar-refractivity contribution in [3.05, 3.63) is 85.1 Å². The van der Waals surface area contributed by atoms with Gasteiger partial charge in [-0.1, -0.05) is 131 Å². The molecule has 11 heteroatoms. The number of hydrogen-bond donors (Lipinski definition) is 2. The fourth-order valence-corrected chi connectivity index (χ4v) is 5.88. The van der Waals surface area contributed by atoms with Gasteiger partial charge in [0.05, 0.1) is 13.2 Å². The Hall–Kier alpha value is -3.14. The fraction of sp³-hybridized carbons (Fsp3) is 0.622. The molecule has 0 amide bonds. The molecule has 0 aliphatic rings. The highest BCUT2D eigenvalue weighted by molar-refractivity contribution is 7.47. The minimum absolute atomic E-state index is 0.0299. The first kappa shape index (κ1) is 52.9. The van der Waals surface area contributed by atoms with E-state index in [1.807, 2.05) is 12.2 Å². The second-order valence-electron chi connectivity index (χ2n) is 13.5. The lowest BCUT2D eigenvalue weighted by atomic mass is 10.1. The number of hydrogen-bond acceptors (Lipinski definition) is 9. The molecule has 2 atom stereocenters. The Bertz CT molecular complexity index is 1250. The van der Waals surface area contributed by atoms with Gasteiger partial charge >= 0.3 is 19.8 Å². The largest absolute Gasteiger partial charge is 0.472 e. The molecule has 3 N–H and O–H groups in total. The van der Waals surface area contributed by atoms with Gasteiger partial charge in [0.15, 0.2) is 11.9 Å². The van der Waals surface area contributed by atoms with Crippen LogP contribution >= 0.6 is 7.82 Å². The van der Waals surface area contributed by atoms with Gasteiger partial charge in [-0.25, -0.2) is 4.57 Å². The van der Waals surface area contributed by atoms with Crippen molar-refractivity contribution in [2.45, 2.75) is 155 Å². The molecular weight excluding hydrogens is 729 g/mol. The van der Waals surface area contributed by atoms with Gasteiger partial charge in [-0.15, -0.1) is 0 Å². The maximum atomic E-state index is 12.6. The zero-order valence-corrected chi connectivity index (χ0v) is 35.5. The predicted octanol–water partition coefficient (Wildman–Crippen LogP) is 11.2. The van der Waals surface area contributed by atoms with Gasteiger partial charge in [0.25, 0.3) is 0 Å². The number of ether oxygens (including phenoxy) is 2. The van der Waals surface area contributed by atoms with Crippen molar-refractivity contribution < 1.29 is 42.4 Å². The van der Waals surface area contributed by atoms with E-state index in [1.54, 1.807) is 6.08 Å². The molecule has 0 spiro atoms. The summed E-state index contributed by atoms with van der Waals surface area (Å²) < 4.78 is 32.7. The van der Waals surface area contributed by atoms with Gasteiger partial charge in [0.2, 0.25) is 0 Å². The van der Waals surface area contributed by atoms with Gasteiger partial charge in [0, 0.05) is 25.8 Å². The maximum absolute atomic E-state index is 12.6. The third kappa shape index (κ3) is 39.1. The number of rotatable bonds is 38. The smallest absolute Gasteiger partial charge is 0.462 e. The molecule has 0 heterocycles. The van der Waals surface area contributed by atoms with Gasteiger partial charge < -0.3 is 20.1 Å². The van der Waals surface area contributed by atoms with E-state index in [0.717, 1.165) is 103 Å². The van der Waals surface area contributed by atoms with Crippen LogP contribution in [0.5, 0.6) is 0 Å². The summed E-state index contributed by atoms with van der Waals surface area (Å²) in [5.74, 6) is -0.765. The van der Waals surface area contributed by atoms with Gasteiger partial charge in [-0.05, 0) is 83.1 Å². The number of phosphoric ester groups is 1. The van der Waals surface area contributed by atoms with E-state index in [2.05, 4.69) is 80.7 Å². The normalized spacial score (nSPS) is 14.1. The molecule has 1 unspecified atom stereocenters. The highest BCUT2D eigenvalue weighted by Gasteiger charge is 2.26. The standard InChI is InChI=1S/C45H74NO9P/c1-3-5-7-8-9-10-11-12-13-14-15-16-17-18-19-22-26-29-33-37-45(49)55-43(41-54-56(50,51)53-39-38-46)40-52-44(48)36-32-28-25-23-20-21-24-27-31-35-42(47)34-30-6-4-2/h5,7,9-10,12-13,15-16,18-19,24,27,31,35,43H,3-4,6,8,11,14,17,20-23,25-26,28-30,32-34,36-41,46H2,1-2H3,(H,50,51)/b7-5-,10-9-,13-12-,16-15-,19-18-,27-24-,35-31+/t43-/m1/s1. The van der Waals surface area contributed by atoms with Crippen LogP contribution in [0.2, 0.25) is 0 Å². The minimum atomic E-state index is -4.41. The van der Waals surface area contributed by atoms with Crippen LogP contribution in [0.1, 0.15) is 149 Å². The monoisotopic (exact) mass is 804 g/mol. The fourth-order valence-electron chi connectivity index (χ4n) is 5.11. The van der Waals surface area contributed by atoms with Crippen molar-refractivity contribution in [2.24, 2.45) is 5.73 Å². The second kappa shape index (κ2) is 40.1. The van der Waals surface area contributed by atoms with Crippen molar-refractivity contribution in [1.29, 1.82) is 0 Å². The first-order chi connectivity index (χ1) is 27.2. The number of esters is 2. The third-order valence-electron chi connectivity index (χ3n) is 8.24. The first-order valence-electron chi connectivity index (χ1n) is 21.0. The zero-order valence-electron chi connectivity index (χ0n) is 34.6. The summed E-state index contributed by atoms with van der Waals surface area (Å²) in [6.07, 6.45) is 45.9. The molecule has 0 saturated heterocycles. The highest BCUT2D eigenvalue weighted by atomic mass is 31.2. The third-order valence-corrected chi connectivity index (χ3v) is 9.23. The Balaban J connectivity index is 4.33. The number of allylic oxidation sites excluding steroid dienone is 14. The number of nitrogens with two attached hydrogens (primary N) is 1. The molecular formula is C45H74NO9P. The summed E-state index contributed by atoms with van der Waals surface area (Å²) >= 11 is 0. The van der Waals surface area contributed by atoms with Crippen molar-refractivity contribution >= 4 is 25.5 Å². The van der Waals surface area contributed by atoms with E-state index in [4.69, 9.17) is 24.3 Å². The number of phosphoric acid groups is 1. The summed E-state index contributed by atoms with van der Waals surface area (Å²) in [7, 11) is -4.41. The maximum Gasteiger partial charge on any atom is 0.472 e. The minimum Gasteiger partial charge on any atom is -0.462 e. The van der Waals surface area contributed by atoms with E-state index in [0.29, 0.717) is 19.3 Å². The number of carbonyl (C=O) groups is 3.